The molecule has 1 aliphatic carbocycles. The van der Waals surface area contributed by atoms with Crippen molar-refractivity contribution < 1.29 is 4.79 Å². The van der Waals surface area contributed by atoms with Gasteiger partial charge in [-0.3, -0.25) is 4.79 Å². The molecule has 0 aromatic carbocycles. The fraction of sp³-hybridized carbons (Fsp3) is 0.800. The molecule has 1 saturated carbocycles. The monoisotopic (exact) mass is 214 g/mol. The van der Waals surface area contributed by atoms with E-state index in [1.807, 2.05) is 0 Å². The first-order valence-electron chi connectivity index (χ1n) is 5.26. The molecule has 1 aliphatic rings. The van der Waals surface area contributed by atoms with Gasteiger partial charge in [0.2, 0.25) is 5.91 Å². The fourth-order valence-corrected chi connectivity index (χ4v) is 1.99. The number of carbonyl (C=O) groups excluding carboxylic acids is 1. The second kappa shape index (κ2) is 5.96. The largest absolute Gasteiger partial charge is 0.393 e. The molecule has 0 radical (unpaired) electrons. The predicted molar refractivity (Wildman–Crippen MR) is 61.0 cm³/mol. The third-order valence-corrected chi connectivity index (χ3v) is 2.70. The van der Waals surface area contributed by atoms with Crippen LogP contribution in [0.1, 0.15) is 44.9 Å². The molecule has 14 heavy (non-hydrogen) atoms. The van der Waals surface area contributed by atoms with Gasteiger partial charge in [0.25, 0.3) is 0 Å². The topological polar surface area (TPSA) is 55.1 Å². The van der Waals surface area contributed by atoms with Gasteiger partial charge in [-0.05, 0) is 12.8 Å². The van der Waals surface area contributed by atoms with E-state index in [1.165, 1.54) is 25.7 Å². The van der Waals surface area contributed by atoms with Crippen molar-refractivity contribution in [3.63, 3.8) is 0 Å². The van der Waals surface area contributed by atoms with Gasteiger partial charge < -0.3 is 11.1 Å². The van der Waals surface area contributed by atoms with Crippen LogP contribution in [0.4, 0.5) is 0 Å². The summed E-state index contributed by atoms with van der Waals surface area (Å²) in [7, 11) is 0. The Hall–Kier alpha value is -0.640. The highest BCUT2D eigenvalue weighted by Crippen LogP contribution is 2.17. The minimum Gasteiger partial charge on any atom is -0.393 e. The standard InChI is InChI=1S/C10H18N2OS/c11-9(14)7-10(13)12-8-5-3-1-2-4-6-8/h8H,1-7H2,(H2,11,14)(H,12,13). The van der Waals surface area contributed by atoms with Crippen molar-refractivity contribution in [3.8, 4) is 0 Å². The molecule has 0 atom stereocenters. The van der Waals surface area contributed by atoms with Crippen molar-refractivity contribution in [2.24, 2.45) is 5.73 Å². The molecular formula is C10H18N2OS. The van der Waals surface area contributed by atoms with Gasteiger partial charge in [-0.25, -0.2) is 0 Å². The van der Waals surface area contributed by atoms with Gasteiger partial charge in [-0.2, -0.15) is 0 Å². The average Bonchev–Trinajstić information content (AvgIpc) is 2.31. The van der Waals surface area contributed by atoms with Gasteiger partial charge in [-0.15, -0.1) is 0 Å². The van der Waals surface area contributed by atoms with E-state index in [0.717, 1.165) is 12.8 Å². The van der Waals surface area contributed by atoms with Crippen LogP contribution >= 0.6 is 12.2 Å². The molecule has 0 unspecified atom stereocenters. The lowest BCUT2D eigenvalue weighted by Gasteiger charge is -2.15. The van der Waals surface area contributed by atoms with E-state index in [9.17, 15) is 4.79 Å². The lowest BCUT2D eigenvalue weighted by molar-refractivity contribution is -0.120. The van der Waals surface area contributed by atoms with E-state index in [-0.39, 0.29) is 17.3 Å². The third-order valence-electron chi connectivity index (χ3n) is 2.56. The Morgan fingerprint density at radius 1 is 1.29 bits per heavy atom. The summed E-state index contributed by atoms with van der Waals surface area (Å²) < 4.78 is 0. The highest BCUT2D eigenvalue weighted by molar-refractivity contribution is 7.80. The van der Waals surface area contributed by atoms with E-state index in [2.05, 4.69) is 17.5 Å². The van der Waals surface area contributed by atoms with Crippen LogP contribution < -0.4 is 11.1 Å². The van der Waals surface area contributed by atoms with Crippen LogP contribution in [0.25, 0.3) is 0 Å². The number of thiocarbonyl (C=S) groups is 1. The normalized spacial score (nSPS) is 18.6. The van der Waals surface area contributed by atoms with Crippen LogP contribution in [0.15, 0.2) is 0 Å². The number of amides is 1. The third kappa shape index (κ3) is 4.56. The molecule has 0 saturated heterocycles. The zero-order valence-corrected chi connectivity index (χ0v) is 9.24. The molecule has 0 aromatic heterocycles. The number of nitrogens with two attached hydrogens (primary N) is 1. The van der Waals surface area contributed by atoms with Crippen molar-refractivity contribution >= 4 is 23.1 Å². The number of carbonyl (C=O) groups is 1. The summed E-state index contributed by atoms with van der Waals surface area (Å²) in [6.07, 6.45) is 7.41. The zero-order chi connectivity index (χ0) is 10.4. The lowest BCUT2D eigenvalue weighted by atomic mass is 10.1. The van der Waals surface area contributed by atoms with Gasteiger partial charge in [0.15, 0.2) is 0 Å². The molecule has 3 N–H and O–H groups in total. The first-order chi connectivity index (χ1) is 6.68. The van der Waals surface area contributed by atoms with Crippen LogP contribution in [0.5, 0.6) is 0 Å². The minimum absolute atomic E-state index is 0.0237. The van der Waals surface area contributed by atoms with E-state index < -0.39 is 0 Å². The molecule has 1 amide bonds. The SMILES string of the molecule is NC(=S)CC(=O)NC1CCCCCC1. The van der Waals surface area contributed by atoms with Crippen molar-refractivity contribution in [1.82, 2.24) is 5.32 Å². The molecule has 80 valence electrons. The maximum atomic E-state index is 11.4. The molecule has 0 spiro atoms. The molecule has 3 nitrogen and oxygen atoms in total. The first-order valence-corrected chi connectivity index (χ1v) is 5.67. The van der Waals surface area contributed by atoms with E-state index in [1.54, 1.807) is 0 Å². The van der Waals surface area contributed by atoms with Crippen molar-refractivity contribution in [2.45, 2.75) is 51.0 Å². The quantitative estimate of drug-likeness (QED) is 0.553. The van der Waals surface area contributed by atoms with Crippen LogP contribution in [0.2, 0.25) is 0 Å². The van der Waals surface area contributed by atoms with Gasteiger partial charge in [0, 0.05) is 6.04 Å². The maximum Gasteiger partial charge on any atom is 0.227 e. The van der Waals surface area contributed by atoms with Gasteiger partial charge in [-0.1, -0.05) is 37.9 Å². The number of hydrogen-bond donors (Lipinski definition) is 2. The zero-order valence-electron chi connectivity index (χ0n) is 8.42. The molecule has 0 heterocycles. The summed E-state index contributed by atoms with van der Waals surface area (Å²) in [5.74, 6) is -0.0237. The van der Waals surface area contributed by atoms with E-state index in [4.69, 9.17) is 5.73 Å². The number of rotatable bonds is 3. The summed E-state index contributed by atoms with van der Waals surface area (Å²) in [5, 5.41) is 2.98. The summed E-state index contributed by atoms with van der Waals surface area (Å²) in [5.41, 5.74) is 5.30. The Morgan fingerprint density at radius 2 is 1.86 bits per heavy atom. The van der Waals surface area contributed by atoms with Crippen molar-refractivity contribution in [3.05, 3.63) is 0 Å². The fourth-order valence-electron chi connectivity index (χ4n) is 1.86. The molecule has 1 rings (SSSR count). The van der Waals surface area contributed by atoms with Gasteiger partial charge >= 0.3 is 0 Å². The van der Waals surface area contributed by atoms with Crippen LogP contribution in [-0.4, -0.2) is 16.9 Å². The van der Waals surface area contributed by atoms with Crippen LogP contribution in [0.3, 0.4) is 0 Å². The van der Waals surface area contributed by atoms with Crippen molar-refractivity contribution in [1.29, 1.82) is 0 Å². The minimum atomic E-state index is -0.0237. The molecule has 0 aromatic rings. The van der Waals surface area contributed by atoms with Crippen LogP contribution in [0, 0.1) is 0 Å². The van der Waals surface area contributed by atoms with Crippen LogP contribution in [-0.2, 0) is 4.79 Å². The highest BCUT2D eigenvalue weighted by atomic mass is 32.1. The molecule has 0 aliphatic heterocycles. The lowest BCUT2D eigenvalue weighted by Crippen LogP contribution is -2.36. The molecule has 0 bridgehead atoms. The van der Waals surface area contributed by atoms with E-state index in [0.29, 0.717) is 6.04 Å². The first kappa shape index (κ1) is 11.4. The number of hydrogen-bond acceptors (Lipinski definition) is 2. The Bertz CT molecular complexity index is 210. The molecular weight excluding hydrogens is 196 g/mol. The predicted octanol–water partition coefficient (Wildman–Crippen LogP) is 1.50. The summed E-state index contributed by atoms with van der Waals surface area (Å²) >= 11 is 4.68. The second-order valence-corrected chi connectivity index (χ2v) is 4.42. The van der Waals surface area contributed by atoms with Crippen molar-refractivity contribution in [2.75, 3.05) is 0 Å². The second-order valence-electron chi connectivity index (χ2n) is 3.90. The Kier molecular flexibility index (Phi) is 4.87. The Morgan fingerprint density at radius 3 is 2.36 bits per heavy atom. The van der Waals surface area contributed by atoms with E-state index >= 15 is 0 Å². The molecule has 4 heteroatoms. The highest BCUT2D eigenvalue weighted by Gasteiger charge is 2.14. The summed E-state index contributed by atoms with van der Waals surface area (Å²) in [4.78, 5) is 11.6. The average molecular weight is 214 g/mol. The summed E-state index contributed by atoms with van der Waals surface area (Å²) in [6.45, 7) is 0. The number of nitrogens with one attached hydrogen (secondary N) is 1. The molecule has 1 fully saturated rings. The smallest absolute Gasteiger partial charge is 0.227 e. The van der Waals surface area contributed by atoms with Gasteiger partial charge in [0.05, 0.1) is 11.4 Å². The summed E-state index contributed by atoms with van der Waals surface area (Å²) in [6, 6.07) is 0.347. The Labute approximate surface area is 90.4 Å². The Balaban J connectivity index is 2.27. The maximum absolute atomic E-state index is 11.4. The van der Waals surface area contributed by atoms with Gasteiger partial charge in [0.1, 0.15) is 0 Å².